The molecule has 6 nitrogen and oxygen atoms in total. The van der Waals surface area contributed by atoms with E-state index in [4.69, 9.17) is 0 Å². The van der Waals surface area contributed by atoms with Crippen LogP contribution in [-0.2, 0) is 16.1 Å². The number of hydrogen-bond donors (Lipinski definition) is 1. The van der Waals surface area contributed by atoms with E-state index in [0.29, 0.717) is 25.0 Å². The second-order valence-corrected chi connectivity index (χ2v) is 4.96. The van der Waals surface area contributed by atoms with Crippen molar-refractivity contribution >= 4 is 28.3 Å². The van der Waals surface area contributed by atoms with E-state index in [9.17, 15) is 9.59 Å². The number of carbonyl (C=O) groups excluding carboxylic acids is 2. The fourth-order valence-electron chi connectivity index (χ4n) is 1.81. The lowest BCUT2D eigenvalue weighted by Gasteiger charge is -2.24. The molecular formula is C11H16N4O2S. The molecule has 0 saturated carbocycles. The Hall–Kier alpha value is -1.50. The zero-order valence-corrected chi connectivity index (χ0v) is 11.1. The molecule has 7 heteroatoms. The van der Waals surface area contributed by atoms with Gasteiger partial charge in [0, 0.05) is 30.9 Å². The van der Waals surface area contributed by atoms with E-state index in [2.05, 4.69) is 21.8 Å². The highest BCUT2D eigenvalue weighted by Crippen LogP contribution is 2.22. The molecule has 0 aromatic carbocycles. The first kappa shape index (κ1) is 12.9. The van der Waals surface area contributed by atoms with Crippen LogP contribution in [0, 0.1) is 0 Å². The molecule has 0 unspecified atom stereocenters. The van der Waals surface area contributed by atoms with E-state index < -0.39 is 0 Å². The van der Waals surface area contributed by atoms with Crippen LogP contribution < -0.4 is 5.32 Å². The highest BCUT2D eigenvalue weighted by atomic mass is 32.1. The molecule has 1 aromatic heterocycles. The maximum atomic E-state index is 11.7. The van der Waals surface area contributed by atoms with Crippen LogP contribution in [0.1, 0.15) is 38.3 Å². The first-order valence-corrected chi connectivity index (χ1v) is 6.88. The molecule has 1 fully saturated rings. The van der Waals surface area contributed by atoms with Crippen molar-refractivity contribution in [3.05, 3.63) is 5.69 Å². The summed E-state index contributed by atoms with van der Waals surface area (Å²) in [5.41, 5.74) is 0.678. The number of hydrogen-bond acceptors (Lipinski definition) is 6. The Balaban J connectivity index is 2.06. The zero-order valence-electron chi connectivity index (χ0n) is 10.3. The average molecular weight is 268 g/mol. The lowest BCUT2D eigenvalue weighted by Crippen LogP contribution is -2.39. The predicted molar refractivity (Wildman–Crippen MR) is 68.1 cm³/mol. The summed E-state index contributed by atoms with van der Waals surface area (Å²) in [5, 5.41) is 8.05. The zero-order chi connectivity index (χ0) is 13.0. The van der Waals surface area contributed by atoms with Gasteiger partial charge in [-0.2, -0.15) is 0 Å². The van der Waals surface area contributed by atoms with Gasteiger partial charge in [0.1, 0.15) is 10.7 Å². The van der Waals surface area contributed by atoms with Crippen molar-refractivity contribution in [2.75, 3.05) is 11.9 Å². The minimum Gasteiger partial charge on any atom is -0.374 e. The smallest absolute Gasteiger partial charge is 0.229 e. The number of aromatic nitrogens is 2. The summed E-state index contributed by atoms with van der Waals surface area (Å²) < 4.78 is 3.87. The molecule has 2 heterocycles. The van der Waals surface area contributed by atoms with Gasteiger partial charge in [-0.25, -0.2) is 0 Å². The quantitative estimate of drug-likeness (QED) is 0.817. The molecule has 1 aliphatic rings. The molecule has 0 atom stereocenters. The number of carbonyl (C=O) groups is 2. The van der Waals surface area contributed by atoms with Crippen molar-refractivity contribution in [2.24, 2.45) is 0 Å². The second-order valence-electron chi connectivity index (χ2n) is 4.20. The van der Waals surface area contributed by atoms with Crippen LogP contribution in [0.4, 0.5) is 5.00 Å². The molecule has 0 spiro atoms. The van der Waals surface area contributed by atoms with Gasteiger partial charge in [-0.1, -0.05) is 11.4 Å². The molecule has 1 saturated heterocycles. The second kappa shape index (κ2) is 5.90. The maximum absolute atomic E-state index is 11.7. The summed E-state index contributed by atoms with van der Waals surface area (Å²) in [6.07, 6.45) is 2.55. The first-order valence-electron chi connectivity index (χ1n) is 6.10. The Morgan fingerprint density at radius 3 is 2.72 bits per heavy atom. The van der Waals surface area contributed by atoms with Crippen molar-refractivity contribution in [2.45, 2.75) is 39.2 Å². The van der Waals surface area contributed by atoms with Crippen molar-refractivity contribution < 1.29 is 9.59 Å². The number of rotatable bonds is 5. The van der Waals surface area contributed by atoms with Crippen molar-refractivity contribution in [3.63, 3.8) is 0 Å². The average Bonchev–Trinajstić information content (AvgIpc) is 2.79. The van der Waals surface area contributed by atoms with Crippen LogP contribution in [0.25, 0.3) is 0 Å². The standard InChI is InChI=1S/C11H16N4O2S/c1-2-6-12-11-8(13-14-18-11)7-15-9(16)4-3-5-10(15)17/h12H,2-7H2,1H3. The Kier molecular flexibility index (Phi) is 4.24. The number of amides is 2. The summed E-state index contributed by atoms with van der Waals surface area (Å²) in [6, 6.07) is 0. The van der Waals surface area contributed by atoms with Crippen molar-refractivity contribution in [1.82, 2.24) is 14.5 Å². The van der Waals surface area contributed by atoms with Crippen LogP contribution in [0.15, 0.2) is 0 Å². The third-order valence-corrected chi connectivity index (χ3v) is 3.51. The summed E-state index contributed by atoms with van der Waals surface area (Å²) in [7, 11) is 0. The SMILES string of the molecule is CCCNc1snnc1CN1C(=O)CCCC1=O. The van der Waals surface area contributed by atoms with Gasteiger partial charge in [-0.3, -0.25) is 14.5 Å². The minimum absolute atomic E-state index is 0.110. The molecule has 18 heavy (non-hydrogen) atoms. The third-order valence-electron chi connectivity index (χ3n) is 2.78. The molecule has 1 N–H and O–H groups in total. The number of imide groups is 1. The summed E-state index contributed by atoms with van der Waals surface area (Å²) in [6.45, 7) is 3.14. The fraction of sp³-hybridized carbons (Fsp3) is 0.636. The lowest BCUT2D eigenvalue weighted by molar-refractivity contribution is -0.148. The first-order chi connectivity index (χ1) is 8.72. The molecule has 2 amide bonds. The van der Waals surface area contributed by atoms with Gasteiger partial charge >= 0.3 is 0 Å². The molecule has 1 aromatic rings. The van der Waals surface area contributed by atoms with Gasteiger partial charge in [0.05, 0.1) is 6.54 Å². The van der Waals surface area contributed by atoms with Gasteiger partial charge < -0.3 is 5.32 Å². The van der Waals surface area contributed by atoms with Crippen LogP contribution in [0.5, 0.6) is 0 Å². The van der Waals surface area contributed by atoms with Crippen LogP contribution in [-0.4, -0.2) is 32.8 Å². The van der Waals surface area contributed by atoms with E-state index in [0.717, 1.165) is 18.0 Å². The summed E-state index contributed by atoms with van der Waals surface area (Å²) in [4.78, 5) is 24.7. The molecule has 0 radical (unpaired) electrons. The number of nitrogens with zero attached hydrogens (tertiary/aromatic N) is 3. The monoisotopic (exact) mass is 268 g/mol. The summed E-state index contributed by atoms with van der Waals surface area (Å²) in [5.74, 6) is -0.221. The topological polar surface area (TPSA) is 75.2 Å². The van der Waals surface area contributed by atoms with Crippen LogP contribution >= 0.6 is 11.5 Å². The summed E-state index contributed by atoms with van der Waals surface area (Å²) >= 11 is 1.26. The van der Waals surface area contributed by atoms with Crippen molar-refractivity contribution in [1.29, 1.82) is 0 Å². The van der Waals surface area contributed by atoms with Gasteiger partial charge in [0.15, 0.2) is 0 Å². The van der Waals surface area contributed by atoms with Gasteiger partial charge in [0.25, 0.3) is 0 Å². The fourth-order valence-corrected chi connectivity index (χ4v) is 2.41. The van der Waals surface area contributed by atoms with Crippen LogP contribution in [0.3, 0.4) is 0 Å². The number of likely N-dealkylation sites (tertiary alicyclic amines) is 1. The highest BCUT2D eigenvalue weighted by Gasteiger charge is 2.27. The normalized spacial score (nSPS) is 16.2. The molecule has 2 rings (SSSR count). The lowest BCUT2D eigenvalue weighted by atomic mass is 10.1. The Labute approximate surface area is 110 Å². The molecular weight excluding hydrogens is 252 g/mol. The molecule has 1 aliphatic heterocycles. The predicted octanol–water partition coefficient (Wildman–Crippen LogP) is 1.40. The maximum Gasteiger partial charge on any atom is 0.229 e. The van der Waals surface area contributed by atoms with E-state index in [1.165, 1.54) is 16.4 Å². The van der Waals surface area contributed by atoms with E-state index in [-0.39, 0.29) is 18.4 Å². The number of piperidine rings is 1. The van der Waals surface area contributed by atoms with Gasteiger partial charge in [-0.05, 0) is 12.8 Å². The highest BCUT2D eigenvalue weighted by molar-refractivity contribution is 7.10. The van der Waals surface area contributed by atoms with E-state index in [1.807, 2.05) is 0 Å². The Morgan fingerprint density at radius 1 is 1.33 bits per heavy atom. The van der Waals surface area contributed by atoms with Crippen LogP contribution in [0.2, 0.25) is 0 Å². The molecule has 0 aliphatic carbocycles. The number of anilines is 1. The Morgan fingerprint density at radius 2 is 2.06 bits per heavy atom. The molecule has 98 valence electrons. The largest absolute Gasteiger partial charge is 0.374 e. The van der Waals surface area contributed by atoms with Crippen molar-refractivity contribution in [3.8, 4) is 0 Å². The van der Waals surface area contributed by atoms with Gasteiger partial charge in [-0.15, -0.1) is 5.10 Å². The minimum atomic E-state index is -0.110. The van der Waals surface area contributed by atoms with E-state index in [1.54, 1.807) is 0 Å². The third kappa shape index (κ3) is 2.84. The van der Waals surface area contributed by atoms with Gasteiger partial charge in [0.2, 0.25) is 11.8 Å². The number of nitrogens with one attached hydrogen (secondary N) is 1. The van der Waals surface area contributed by atoms with E-state index >= 15 is 0 Å². The Bertz CT molecular complexity index is 430. The molecule has 0 bridgehead atoms.